The largest absolute Gasteiger partial charge is 0.493 e. The Labute approximate surface area is 116 Å². The molecule has 1 aromatic rings. The first kappa shape index (κ1) is 15.5. The number of carbonyl (C=O) groups excluding carboxylic acids is 1. The van der Waals surface area contributed by atoms with Crippen LogP contribution < -0.4 is 4.74 Å². The zero-order valence-electron chi connectivity index (χ0n) is 11.8. The Morgan fingerprint density at radius 3 is 2.74 bits per heavy atom. The van der Waals surface area contributed by atoms with Gasteiger partial charge in [-0.3, -0.25) is 0 Å². The van der Waals surface area contributed by atoms with Gasteiger partial charge in [0.25, 0.3) is 0 Å². The van der Waals surface area contributed by atoms with Gasteiger partial charge in [0.2, 0.25) is 0 Å². The number of ether oxygens (including phenoxy) is 1. The van der Waals surface area contributed by atoms with E-state index in [1.54, 1.807) is 0 Å². The summed E-state index contributed by atoms with van der Waals surface area (Å²) in [4.78, 5) is 10.2. The van der Waals surface area contributed by atoms with Crippen LogP contribution in [0.2, 0.25) is 0 Å². The standard InChI is InChI=1S/C17H24O2/c1-2-3-10-15-19-17-13-8-7-12-16(17)11-6-4-5-9-14-18/h6-8,11-14H,2-5,9-10,15H2,1H3/b11-6+. The van der Waals surface area contributed by atoms with Gasteiger partial charge in [-0.1, -0.05) is 50.1 Å². The Bertz CT molecular complexity index is 383. The summed E-state index contributed by atoms with van der Waals surface area (Å²) in [6, 6.07) is 8.09. The minimum Gasteiger partial charge on any atom is -0.493 e. The van der Waals surface area contributed by atoms with Crippen molar-refractivity contribution in [3.8, 4) is 5.75 Å². The molecule has 0 aromatic heterocycles. The lowest BCUT2D eigenvalue weighted by Gasteiger charge is -2.08. The zero-order valence-corrected chi connectivity index (χ0v) is 11.8. The van der Waals surface area contributed by atoms with Crippen molar-refractivity contribution in [3.63, 3.8) is 0 Å². The number of benzene rings is 1. The predicted molar refractivity (Wildman–Crippen MR) is 80.4 cm³/mol. The van der Waals surface area contributed by atoms with Crippen molar-refractivity contribution in [2.45, 2.75) is 45.4 Å². The summed E-state index contributed by atoms with van der Waals surface area (Å²) in [7, 11) is 0. The normalized spacial score (nSPS) is 10.8. The first-order valence-electron chi connectivity index (χ1n) is 7.20. The number of para-hydroxylation sites is 1. The number of hydrogen-bond donors (Lipinski definition) is 0. The first-order valence-corrected chi connectivity index (χ1v) is 7.20. The summed E-state index contributed by atoms with van der Waals surface area (Å²) in [5.41, 5.74) is 1.12. The molecule has 1 rings (SSSR count). The van der Waals surface area contributed by atoms with E-state index in [-0.39, 0.29) is 0 Å². The molecule has 0 spiro atoms. The van der Waals surface area contributed by atoms with Crippen LogP contribution in [0.25, 0.3) is 6.08 Å². The van der Waals surface area contributed by atoms with Crippen LogP contribution in [0.3, 0.4) is 0 Å². The SMILES string of the molecule is CCCCCOc1ccccc1/C=C/CCCC=O. The maximum absolute atomic E-state index is 10.2. The molecule has 0 unspecified atom stereocenters. The van der Waals surface area contributed by atoms with E-state index >= 15 is 0 Å². The fourth-order valence-electron chi connectivity index (χ4n) is 1.81. The summed E-state index contributed by atoms with van der Waals surface area (Å²) in [5.74, 6) is 0.949. The molecule has 104 valence electrons. The highest BCUT2D eigenvalue weighted by molar-refractivity contribution is 5.57. The molecule has 0 heterocycles. The third-order valence-electron chi connectivity index (χ3n) is 2.91. The molecule has 0 radical (unpaired) electrons. The summed E-state index contributed by atoms with van der Waals surface area (Å²) in [6.07, 6.45) is 11.2. The van der Waals surface area contributed by atoms with Crippen LogP contribution in [0.1, 0.15) is 51.0 Å². The Morgan fingerprint density at radius 1 is 1.11 bits per heavy atom. The molecule has 0 aliphatic heterocycles. The summed E-state index contributed by atoms with van der Waals surface area (Å²) < 4.78 is 5.81. The van der Waals surface area contributed by atoms with Crippen molar-refractivity contribution in [3.05, 3.63) is 35.9 Å². The number of aldehydes is 1. The fourth-order valence-corrected chi connectivity index (χ4v) is 1.81. The number of rotatable bonds is 10. The average molecular weight is 260 g/mol. The van der Waals surface area contributed by atoms with E-state index in [2.05, 4.69) is 25.1 Å². The molecule has 2 heteroatoms. The Kier molecular flexibility index (Phi) is 8.45. The third kappa shape index (κ3) is 6.80. The minimum atomic E-state index is 0.638. The van der Waals surface area contributed by atoms with Crippen LogP contribution in [-0.2, 0) is 4.79 Å². The number of carbonyl (C=O) groups is 1. The molecule has 0 aliphatic carbocycles. The average Bonchev–Trinajstić information content (AvgIpc) is 2.45. The van der Waals surface area contributed by atoms with Gasteiger partial charge in [-0.25, -0.2) is 0 Å². The minimum absolute atomic E-state index is 0.638. The van der Waals surface area contributed by atoms with Gasteiger partial charge in [0.15, 0.2) is 0 Å². The Morgan fingerprint density at radius 2 is 1.95 bits per heavy atom. The number of unbranched alkanes of at least 4 members (excludes halogenated alkanes) is 4. The van der Waals surface area contributed by atoms with Gasteiger partial charge in [0.1, 0.15) is 12.0 Å². The second-order valence-corrected chi connectivity index (χ2v) is 4.59. The van der Waals surface area contributed by atoms with E-state index in [1.165, 1.54) is 12.8 Å². The highest BCUT2D eigenvalue weighted by atomic mass is 16.5. The van der Waals surface area contributed by atoms with Crippen molar-refractivity contribution < 1.29 is 9.53 Å². The van der Waals surface area contributed by atoms with Crippen LogP contribution in [-0.4, -0.2) is 12.9 Å². The lowest BCUT2D eigenvalue weighted by atomic mass is 10.1. The predicted octanol–water partition coefficient (Wildman–Crippen LogP) is 4.64. The second kappa shape index (κ2) is 10.4. The molecule has 0 atom stereocenters. The third-order valence-corrected chi connectivity index (χ3v) is 2.91. The molecular weight excluding hydrogens is 236 g/mol. The monoisotopic (exact) mass is 260 g/mol. The summed E-state index contributed by atoms with van der Waals surface area (Å²) in [5, 5.41) is 0. The second-order valence-electron chi connectivity index (χ2n) is 4.59. The van der Waals surface area contributed by atoms with Crippen molar-refractivity contribution in [2.75, 3.05) is 6.61 Å². The van der Waals surface area contributed by atoms with Gasteiger partial charge in [0.05, 0.1) is 6.61 Å². The van der Waals surface area contributed by atoms with Crippen LogP contribution in [0.4, 0.5) is 0 Å². The van der Waals surface area contributed by atoms with Gasteiger partial charge in [-0.15, -0.1) is 0 Å². The topological polar surface area (TPSA) is 26.3 Å². The van der Waals surface area contributed by atoms with Gasteiger partial charge in [0, 0.05) is 12.0 Å². The van der Waals surface area contributed by atoms with Gasteiger partial charge in [-0.2, -0.15) is 0 Å². The Hall–Kier alpha value is -1.57. The maximum atomic E-state index is 10.2. The molecule has 0 amide bonds. The molecular formula is C17H24O2. The molecule has 0 saturated heterocycles. The summed E-state index contributed by atoms with van der Waals surface area (Å²) in [6.45, 7) is 2.97. The molecule has 0 bridgehead atoms. The maximum Gasteiger partial charge on any atom is 0.126 e. The van der Waals surface area contributed by atoms with Gasteiger partial charge in [-0.05, 0) is 25.3 Å². The summed E-state index contributed by atoms with van der Waals surface area (Å²) >= 11 is 0. The van der Waals surface area contributed by atoms with Crippen molar-refractivity contribution >= 4 is 12.4 Å². The number of allylic oxidation sites excluding steroid dienone is 1. The highest BCUT2D eigenvalue weighted by Crippen LogP contribution is 2.20. The van der Waals surface area contributed by atoms with E-state index in [1.807, 2.05) is 18.2 Å². The quantitative estimate of drug-likeness (QED) is 0.452. The van der Waals surface area contributed by atoms with E-state index in [9.17, 15) is 4.79 Å². The molecule has 0 saturated carbocycles. The van der Waals surface area contributed by atoms with Crippen molar-refractivity contribution in [1.29, 1.82) is 0 Å². The van der Waals surface area contributed by atoms with Gasteiger partial charge < -0.3 is 9.53 Å². The van der Waals surface area contributed by atoms with Crippen molar-refractivity contribution in [2.24, 2.45) is 0 Å². The van der Waals surface area contributed by atoms with E-state index in [0.717, 1.165) is 43.5 Å². The van der Waals surface area contributed by atoms with Crippen LogP contribution >= 0.6 is 0 Å². The van der Waals surface area contributed by atoms with E-state index < -0.39 is 0 Å². The van der Waals surface area contributed by atoms with Crippen molar-refractivity contribution in [1.82, 2.24) is 0 Å². The number of hydrogen-bond acceptors (Lipinski definition) is 2. The highest BCUT2D eigenvalue weighted by Gasteiger charge is 1.99. The molecule has 1 aromatic carbocycles. The van der Waals surface area contributed by atoms with Crippen LogP contribution in [0, 0.1) is 0 Å². The smallest absolute Gasteiger partial charge is 0.126 e. The zero-order chi connectivity index (χ0) is 13.8. The Balaban J connectivity index is 2.45. The molecule has 2 nitrogen and oxygen atoms in total. The lowest BCUT2D eigenvalue weighted by Crippen LogP contribution is -1.98. The fraction of sp³-hybridized carbons (Fsp3) is 0.471. The molecule has 19 heavy (non-hydrogen) atoms. The molecule has 0 aliphatic rings. The molecule has 0 fully saturated rings. The van der Waals surface area contributed by atoms with Crippen LogP contribution in [0.15, 0.2) is 30.3 Å². The van der Waals surface area contributed by atoms with Crippen LogP contribution in [0.5, 0.6) is 5.75 Å². The lowest BCUT2D eigenvalue weighted by molar-refractivity contribution is -0.107. The molecule has 0 N–H and O–H groups in total. The van der Waals surface area contributed by atoms with E-state index in [0.29, 0.717) is 6.42 Å². The first-order chi connectivity index (χ1) is 9.38. The van der Waals surface area contributed by atoms with E-state index in [4.69, 9.17) is 4.74 Å². The van der Waals surface area contributed by atoms with Gasteiger partial charge >= 0.3 is 0 Å².